The predicted octanol–water partition coefficient (Wildman–Crippen LogP) is 2.60. The van der Waals surface area contributed by atoms with Crippen LogP contribution in [0.25, 0.3) is 0 Å². The Labute approximate surface area is 129 Å². The summed E-state index contributed by atoms with van der Waals surface area (Å²) in [6, 6.07) is 6.71. The average Bonchev–Trinajstić information content (AvgIpc) is 3.16. The summed E-state index contributed by atoms with van der Waals surface area (Å²) in [5, 5.41) is 11.6. The van der Waals surface area contributed by atoms with E-state index < -0.39 is 0 Å². The van der Waals surface area contributed by atoms with E-state index in [1.165, 1.54) is 12.1 Å². The van der Waals surface area contributed by atoms with Crippen molar-refractivity contribution in [3.63, 3.8) is 0 Å². The molecule has 0 saturated carbocycles. The number of halogens is 1. The lowest BCUT2D eigenvalue weighted by atomic mass is 9.80. The summed E-state index contributed by atoms with van der Waals surface area (Å²) in [5.74, 6) is 0.551. The van der Waals surface area contributed by atoms with Crippen molar-refractivity contribution in [1.82, 2.24) is 15.0 Å². The van der Waals surface area contributed by atoms with Gasteiger partial charge in [-0.1, -0.05) is 24.3 Å². The molecule has 0 aliphatic carbocycles. The molecule has 3 rings (SSSR count). The normalized spacial score (nSPS) is 21.2. The molecular weight excluding hydrogens is 283 g/mol. The Balaban J connectivity index is 1.72. The van der Waals surface area contributed by atoms with Gasteiger partial charge in [-0.15, -0.1) is 5.10 Å². The monoisotopic (exact) mass is 304 g/mol. The van der Waals surface area contributed by atoms with Crippen molar-refractivity contribution in [2.75, 3.05) is 25.1 Å². The third kappa shape index (κ3) is 3.11. The molecule has 0 bridgehead atoms. The molecule has 118 valence electrons. The van der Waals surface area contributed by atoms with Gasteiger partial charge in [-0.25, -0.2) is 4.39 Å². The van der Waals surface area contributed by atoms with Gasteiger partial charge in [-0.3, -0.25) is 4.68 Å². The van der Waals surface area contributed by atoms with Gasteiger partial charge >= 0.3 is 0 Å². The lowest BCUT2D eigenvalue weighted by Crippen LogP contribution is -2.35. The van der Waals surface area contributed by atoms with E-state index in [1.54, 1.807) is 0 Å². The number of hydrogen-bond donors (Lipinski definition) is 1. The van der Waals surface area contributed by atoms with Gasteiger partial charge in [0.1, 0.15) is 5.82 Å². The molecule has 1 N–H and O–H groups in total. The number of aryl methyl sites for hydroxylation is 1. The van der Waals surface area contributed by atoms with Crippen molar-refractivity contribution in [3.05, 3.63) is 41.8 Å². The van der Waals surface area contributed by atoms with Crippen LogP contribution in [0, 0.1) is 5.82 Å². The second-order valence-electron chi connectivity index (χ2n) is 5.81. The summed E-state index contributed by atoms with van der Waals surface area (Å²) in [4.78, 5) is 0. The standard InChI is InChI=1S/C16H21FN4O/c1-2-8-21-10-15(19-20-21)18-11-16(7-9-22-12-16)13-3-5-14(17)6-4-13/h3-6,10,18H,2,7-9,11-12H2,1H3. The van der Waals surface area contributed by atoms with Crippen LogP contribution in [0.5, 0.6) is 0 Å². The fourth-order valence-corrected chi connectivity index (χ4v) is 2.86. The van der Waals surface area contributed by atoms with Gasteiger partial charge in [0.15, 0.2) is 5.82 Å². The molecule has 1 aromatic carbocycles. The Morgan fingerprint density at radius 1 is 1.36 bits per heavy atom. The number of hydrogen-bond acceptors (Lipinski definition) is 4. The summed E-state index contributed by atoms with van der Waals surface area (Å²) in [5.41, 5.74) is 0.960. The molecule has 6 heteroatoms. The van der Waals surface area contributed by atoms with E-state index in [2.05, 4.69) is 22.6 Å². The summed E-state index contributed by atoms with van der Waals surface area (Å²) in [6.45, 7) is 5.02. The van der Waals surface area contributed by atoms with Crippen molar-refractivity contribution in [3.8, 4) is 0 Å². The number of rotatable bonds is 6. The maximum Gasteiger partial charge on any atom is 0.168 e. The Morgan fingerprint density at radius 2 is 2.18 bits per heavy atom. The minimum Gasteiger partial charge on any atom is -0.380 e. The number of anilines is 1. The van der Waals surface area contributed by atoms with Gasteiger partial charge in [0.05, 0.1) is 12.8 Å². The van der Waals surface area contributed by atoms with Gasteiger partial charge in [0, 0.05) is 25.1 Å². The fourth-order valence-electron chi connectivity index (χ4n) is 2.86. The van der Waals surface area contributed by atoms with Crippen LogP contribution in [0.4, 0.5) is 10.2 Å². The van der Waals surface area contributed by atoms with E-state index in [0.717, 1.165) is 37.4 Å². The summed E-state index contributed by atoms with van der Waals surface area (Å²) < 4.78 is 20.6. The predicted molar refractivity (Wildman–Crippen MR) is 82.3 cm³/mol. The summed E-state index contributed by atoms with van der Waals surface area (Å²) in [7, 11) is 0. The van der Waals surface area contributed by atoms with Crippen LogP contribution >= 0.6 is 0 Å². The highest BCUT2D eigenvalue weighted by Crippen LogP contribution is 2.33. The van der Waals surface area contributed by atoms with Gasteiger partial charge < -0.3 is 10.1 Å². The molecule has 0 spiro atoms. The first kappa shape index (κ1) is 15.0. The largest absolute Gasteiger partial charge is 0.380 e. The first-order chi connectivity index (χ1) is 10.7. The quantitative estimate of drug-likeness (QED) is 0.891. The van der Waals surface area contributed by atoms with Crippen molar-refractivity contribution >= 4 is 5.82 Å². The zero-order valence-electron chi connectivity index (χ0n) is 12.8. The van der Waals surface area contributed by atoms with Crippen LogP contribution in [0.3, 0.4) is 0 Å². The second kappa shape index (κ2) is 6.44. The summed E-state index contributed by atoms with van der Waals surface area (Å²) in [6.07, 6.45) is 3.85. The maximum absolute atomic E-state index is 13.2. The Morgan fingerprint density at radius 3 is 2.86 bits per heavy atom. The highest BCUT2D eigenvalue weighted by atomic mass is 19.1. The molecule has 1 saturated heterocycles. The molecule has 1 unspecified atom stereocenters. The van der Waals surface area contributed by atoms with Gasteiger partial charge in [-0.2, -0.15) is 0 Å². The number of aromatic nitrogens is 3. The molecule has 0 radical (unpaired) electrons. The molecule has 22 heavy (non-hydrogen) atoms. The van der Waals surface area contributed by atoms with Gasteiger partial charge in [0.25, 0.3) is 0 Å². The van der Waals surface area contributed by atoms with E-state index >= 15 is 0 Å². The number of nitrogens with one attached hydrogen (secondary N) is 1. The molecule has 1 aliphatic heterocycles. The number of nitrogens with zero attached hydrogens (tertiary/aromatic N) is 3. The Kier molecular flexibility index (Phi) is 4.38. The van der Waals surface area contributed by atoms with Crippen molar-refractivity contribution in [2.45, 2.75) is 31.7 Å². The van der Waals surface area contributed by atoms with E-state index in [0.29, 0.717) is 13.2 Å². The minimum atomic E-state index is -0.215. The van der Waals surface area contributed by atoms with E-state index in [-0.39, 0.29) is 11.2 Å². The SMILES string of the molecule is CCCn1cc(NCC2(c3ccc(F)cc3)CCOC2)nn1. The zero-order valence-corrected chi connectivity index (χ0v) is 12.8. The van der Waals surface area contributed by atoms with E-state index in [9.17, 15) is 4.39 Å². The topological polar surface area (TPSA) is 52.0 Å². The second-order valence-corrected chi connectivity index (χ2v) is 5.81. The van der Waals surface area contributed by atoms with Crippen LogP contribution < -0.4 is 5.32 Å². The molecule has 1 aromatic heterocycles. The molecular formula is C16H21FN4O. The molecule has 1 fully saturated rings. The molecule has 2 heterocycles. The molecule has 5 nitrogen and oxygen atoms in total. The molecule has 2 aromatic rings. The minimum absolute atomic E-state index is 0.137. The first-order valence-corrected chi connectivity index (χ1v) is 7.70. The van der Waals surface area contributed by atoms with Gasteiger partial charge in [-0.05, 0) is 30.5 Å². The van der Waals surface area contributed by atoms with Gasteiger partial charge in [0.2, 0.25) is 0 Å². The summed E-state index contributed by atoms with van der Waals surface area (Å²) >= 11 is 0. The van der Waals surface area contributed by atoms with Crippen LogP contribution in [-0.4, -0.2) is 34.8 Å². The maximum atomic E-state index is 13.2. The van der Waals surface area contributed by atoms with Crippen LogP contribution in [0.2, 0.25) is 0 Å². The van der Waals surface area contributed by atoms with Crippen molar-refractivity contribution in [1.29, 1.82) is 0 Å². The number of benzene rings is 1. The lowest BCUT2D eigenvalue weighted by molar-refractivity contribution is 0.179. The Hall–Kier alpha value is -1.95. The van der Waals surface area contributed by atoms with E-state index in [1.807, 2.05) is 23.0 Å². The molecule has 1 aliphatic rings. The number of ether oxygens (including phenoxy) is 1. The average molecular weight is 304 g/mol. The van der Waals surface area contributed by atoms with Crippen molar-refractivity contribution in [2.24, 2.45) is 0 Å². The highest BCUT2D eigenvalue weighted by molar-refractivity contribution is 5.35. The van der Waals surface area contributed by atoms with E-state index in [4.69, 9.17) is 4.74 Å². The highest BCUT2D eigenvalue weighted by Gasteiger charge is 2.36. The van der Waals surface area contributed by atoms with Crippen LogP contribution in [-0.2, 0) is 16.7 Å². The fraction of sp³-hybridized carbons (Fsp3) is 0.500. The third-order valence-electron chi connectivity index (χ3n) is 4.16. The smallest absolute Gasteiger partial charge is 0.168 e. The zero-order chi connectivity index (χ0) is 15.4. The van der Waals surface area contributed by atoms with Crippen LogP contribution in [0.1, 0.15) is 25.3 Å². The lowest BCUT2D eigenvalue weighted by Gasteiger charge is -2.28. The Bertz CT molecular complexity index is 605. The third-order valence-corrected chi connectivity index (χ3v) is 4.16. The molecule has 0 amide bonds. The first-order valence-electron chi connectivity index (χ1n) is 7.70. The van der Waals surface area contributed by atoms with Crippen LogP contribution in [0.15, 0.2) is 30.5 Å². The molecule has 1 atom stereocenters. The van der Waals surface area contributed by atoms with Crippen molar-refractivity contribution < 1.29 is 9.13 Å².